The molecular formula is C17H15B3Br2O4. The molecule has 2 aromatic carbocycles. The summed E-state index contributed by atoms with van der Waals surface area (Å²) >= 11 is 6.54. The number of rotatable bonds is 3. The van der Waals surface area contributed by atoms with Gasteiger partial charge in [-0.1, -0.05) is 17.8 Å². The van der Waals surface area contributed by atoms with Gasteiger partial charge in [0.15, 0.2) is 5.78 Å². The molecule has 1 heterocycles. The number of halogens is 2. The Kier molecular flexibility index (Phi) is 5.05. The number of hydrogen-bond acceptors (Lipinski definition) is 4. The van der Waals surface area contributed by atoms with E-state index in [1.807, 2.05) is 22.6 Å². The minimum atomic E-state index is -0.186. The highest BCUT2D eigenvalue weighted by atomic mass is 79.9. The summed E-state index contributed by atoms with van der Waals surface area (Å²) < 4.78 is 6.84. The SMILES string of the molecule is Bc1c(O)c(B)c2oc(CC)c(C(=O)c3cc(Br)c(O)c(Br)c3)c2c1B. The van der Waals surface area contributed by atoms with Crippen LogP contribution in [0.3, 0.4) is 0 Å². The van der Waals surface area contributed by atoms with Crippen LogP contribution in [0.2, 0.25) is 0 Å². The van der Waals surface area contributed by atoms with Crippen LogP contribution >= 0.6 is 31.9 Å². The first-order valence-corrected chi connectivity index (χ1v) is 9.74. The number of phenols is 2. The Morgan fingerprint density at radius 3 is 2.15 bits per heavy atom. The molecule has 0 saturated heterocycles. The van der Waals surface area contributed by atoms with Crippen LogP contribution in [0.15, 0.2) is 25.5 Å². The molecule has 1 aromatic heterocycles. The van der Waals surface area contributed by atoms with Crippen LogP contribution in [0.25, 0.3) is 11.0 Å². The fourth-order valence-corrected chi connectivity index (χ4v) is 4.37. The van der Waals surface area contributed by atoms with E-state index in [0.29, 0.717) is 43.3 Å². The molecule has 0 spiro atoms. The second-order valence-electron chi connectivity index (χ2n) is 6.30. The predicted molar refractivity (Wildman–Crippen MR) is 119 cm³/mol. The van der Waals surface area contributed by atoms with E-state index in [1.54, 1.807) is 20.0 Å². The summed E-state index contributed by atoms with van der Waals surface area (Å²) in [6, 6.07) is 3.19. The van der Waals surface area contributed by atoms with Gasteiger partial charge < -0.3 is 14.6 Å². The average Bonchev–Trinajstić information content (AvgIpc) is 3.01. The second-order valence-corrected chi connectivity index (χ2v) is 8.01. The monoisotopic (exact) mass is 474 g/mol. The summed E-state index contributed by atoms with van der Waals surface area (Å²) in [6.45, 7) is 1.93. The number of benzene rings is 2. The zero-order valence-electron chi connectivity index (χ0n) is 14.8. The lowest BCUT2D eigenvalue weighted by Gasteiger charge is -2.11. The van der Waals surface area contributed by atoms with Crippen molar-refractivity contribution >= 4 is 88.5 Å². The van der Waals surface area contributed by atoms with Crippen LogP contribution in [-0.4, -0.2) is 39.5 Å². The molecule has 130 valence electrons. The van der Waals surface area contributed by atoms with Crippen molar-refractivity contribution in [2.24, 2.45) is 0 Å². The molecule has 0 bridgehead atoms. The molecule has 0 amide bonds. The lowest BCUT2D eigenvalue weighted by atomic mass is 9.73. The Morgan fingerprint density at radius 1 is 1.04 bits per heavy atom. The number of aromatic hydroxyl groups is 2. The van der Waals surface area contributed by atoms with Crippen LogP contribution in [0.1, 0.15) is 28.6 Å². The van der Waals surface area contributed by atoms with E-state index in [9.17, 15) is 15.0 Å². The first-order valence-electron chi connectivity index (χ1n) is 8.15. The minimum Gasteiger partial charge on any atom is -0.509 e. The number of furan rings is 1. The minimum absolute atomic E-state index is 0.0436. The summed E-state index contributed by atoms with van der Waals surface area (Å²) in [4.78, 5) is 13.3. The molecule has 0 aliphatic heterocycles. The molecule has 0 aliphatic rings. The van der Waals surface area contributed by atoms with Gasteiger partial charge in [0.2, 0.25) is 0 Å². The molecule has 26 heavy (non-hydrogen) atoms. The topological polar surface area (TPSA) is 70.7 Å². The third-order valence-electron chi connectivity index (χ3n) is 4.80. The third-order valence-corrected chi connectivity index (χ3v) is 6.01. The van der Waals surface area contributed by atoms with Gasteiger partial charge in [-0.05, 0) is 49.5 Å². The zero-order valence-corrected chi connectivity index (χ0v) is 18.0. The maximum Gasteiger partial charge on any atom is 0.197 e. The summed E-state index contributed by atoms with van der Waals surface area (Å²) in [5.74, 6) is 0.638. The molecule has 9 heteroatoms. The van der Waals surface area contributed by atoms with Gasteiger partial charge in [-0.3, -0.25) is 4.79 Å². The summed E-state index contributed by atoms with van der Waals surface area (Å²) in [7, 11) is 5.50. The van der Waals surface area contributed by atoms with Crippen molar-refractivity contribution in [3.05, 3.63) is 38.0 Å². The van der Waals surface area contributed by atoms with E-state index in [1.165, 1.54) is 0 Å². The zero-order chi connectivity index (χ0) is 19.3. The van der Waals surface area contributed by atoms with E-state index in [0.717, 1.165) is 16.3 Å². The van der Waals surface area contributed by atoms with Crippen molar-refractivity contribution in [2.45, 2.75) is 13.3 Å². The van der Waals surface area contributed by atoms with Gasteiger partial charge in [0, 0.05) is 17.4 Å². The van der Waals surface area contributed by atoms with Gasteiger partial charge in [-0.2, -0.15) is 0 Å². The molecule has 2 N–H and O–H groups in total. The van der Waals surface area contributed by atoms with Crippen molar-refractivity contribution < 1.29 is 19.4 Å². The first kappa shape index (κ1) is 19.2. The number of ketones is 1. The number of carbonyl (C=O) groups excluding carboxylic acids is 1. The van der Waals surface area contributed by atoms with Crippen LogP contribution in [-0.2, 0) is 6.42 Å². The van der Waals surface area contributed by atoms with E-state index < -0.39 is 0 Å². The molecule has 0 atom stereocenters. The summed E-state index contributed by atoms with van der Waals surface area (Å²) in [5.41, 5.74) is 3.68. The first-order chi connectivity index (χ1) is 12.2. The van der Waals surface area contributed by atoms with Crippen molar-refractivity contribution in [3.8, 4) is 11.5 Å². The Hall–Kier alpha value is -1.60. The molecule has 3 rings (SSSR count). The van der Waals surface area contributed by atoms with Gasteiger partial charge in [0.25, 0.3) is 0 Å². The van der Waals surface area contributed by atoms with Crippen molar-refractivity contribution in [3.63, 3.8) is 0 Å². The molecule has 0 radical (unpaired) electrons. The lowest BCUT2D eigenvalue weighted by Crippen LogP contribution is -2.32. The van der Waals surface area contributed by atoms with E-state index in [4.69, 9.17) is 4.42 Å². The predicted octanol–water partition coefficient (Wildman–Crippen LogP) is -0.0624. The molecule has 0 fully saturated rings. The maximum atomic E-state index is 13.3. The molecule has 0 aliphatic carbocycles. The van der Waals surface area contributed by atoms with Crippen LogP contribution in [0, 0.1) is 0 Å². The number of fused-ring (bicyclic) bond motifs is 1. The highest BCUT2D eigenvalue weighted by Gasteiger charge is 2.26. The molecule has 0 unspecified atom stereocenters. The Labute approximate surface area is 170 Å². The highest BCUT2D eigenvalue weighted by molar-refractivity contribution is 9.11. The van der Waals surface area contributed by atoms with Crippen molar-refractivity contribution in [1.82, 2.24) is 0 Å². The summed E-state index contributed by atoms with van der Waals surface area (Å²) in [5, 5.41) is 21.0. The normalized spacial score (nSPS) is 11.2. The molecular weight excluding hydrogens is 460 g/mol. The van der Waals surface area contributed by atoms with E-state index >= 15 is 0 Å². The molecule has 0 saturated carbocycles. The Balaban J connectivity index is 2.36. The van der Waals surface area contributed by atoms with Crippen LogP contribution < -0.4 is 16.4 Å². The van der Waals surface area contributed by atoms with Gasteiger partial charge in [-0.25, -0.2) is 0 Å². The number of phenolic OH excluding ortho intramolecular Hbond substituents is 2. The number of hydrogen-bond donors (Lipinski definition) is 2. The number of aryl methyl sites for hydroxylation is 1. The highest BCUT2D eigenvalue weighted by Crippen LogP contribution is 2.35. The number of carbonyl (C=O) groups is 1. The fourth-order valence-electron chi connectivity index (χ4n) is 3.18. The Bertz CT molecular complexity index is 1050. The van der Waals surface area contributed by atoms with Gasteiger partial charge in [0.1, 0.15) is 46.4 Å². The largest absolute Gasteiger partial charge is 0.509 e. The lowest BCUT2D eigenvalue weighted by molar-refractivity contribution is 0.103. The van der Waals surface area contributed by atoms with Crippen molar-refractivity contribution in [2.75, 3.05) is 0 Å². The van der Waals surface area contributed by atoms with Crippen molar-refractivity contribution in [1.29, 1.82) is 0 Å². The smallest absolute Gasteiger partial charge is 0.197 e. The van der Waals surface area contributed by atoms with Gasteiger partial charge >= 0.3 is 0 Å². The molecule has 3 aromatic rings. The van der Waals surface area contributed by atoms with Gasteiger partial charge in [0.05, 0.1) is 14.5 Å². The van der Waals surface area contributed by atoms with Crippen LogP contribution in [0.5, 0.6) is 11.5 Å². The standard InChI is InChI=1S/C17H15B3Br2O4/c1-2-8-9(14(23)5-3-6(21)15(24)7(22)4-5)10-11(18)12(19)16(25)13(20)17(10)26-8/h3-4,24-25H,2,18-20H2,1H3. The molecule has 4 nitrogen and oxygen atoms in total. The van der Waals surface area contributed by atoms with Gasteiger partial charge in [-0.15, -0.1) is 0 Å². The average molecular weight is 476 g/mol. The second kappa shape index (κ2) is 6.85. The maximum absolute atomic E-state index is 13.3. The quantitative estimate of drug-likeness (QED) is 0.411. The Morgan fingerprint density at radius 2 is 1.62 bits per heavy atom. The van der Waals surface area contributed by atoms with E-state index in [-0.39, 0.29) is 17.3 Å². The summed E-state index contributed by atoms with van der Waals surface area (Å²) in [6.07, 6.45) is 0.550. The third kappa shape index (κ3) is 2.81. The fraction of sp³-hybridized carbons (Fsp3) is 0.118. The van der Waals surface area contributed by atoms with E-state index in [2.05, 4.69) is 31.9 Å². The van der Waals surface area contributed by atoms with Crippen LogP contribution in [0.4, 0.5) is 0 Å².